The molecule has 48 heavy (non-hydrogen) atoms. The quantitative estimate of drug-likeness (QED) is 0.171. The number of benzene rings is 9. The summed E-state index contributed by atoms with van der Waals surface area (Å²) in [6.45, 7) is 2.26. The first-order chi connectivity index (χ1) is 23.7. The van der Waals surface area contributed by atoms with Gasteiger partial charge in [0.1, 0.15) is 0 Å². The highest BCUT2D eigenvalue weighted by Gasteiger charge is 2.19. The Bertz CT molecular complexity index is 2900. The topological polar surface area (TPSA) is 0 Å². The molecule has 0 aliphatic rings. The van der Waals surface area contributed by atoms with Crippen molar-refractivity contribution in [1.82, 2.24) is 0 Å². The smallest absolute Gasteiger partial charge is 0.0362 e. The van der Waals surface area contributed by atoms with Gasteiger partial charge in [0, 0.05) is 20.2 Å². The summed E-state index contributed by atoms with van der Waals surface area (Å²) in [5.74, 6) is 0. The summed E-state index contributed by atoms with van der Waals surface area (Å²) in [5, 5.41) is 13.0. The molecule has 10 aromatic rings. The zero-order valence-electron chi connectivity index (χ0n) is 26.5. The van der Waals surface area contributed by atoms with Crippen LogP contribution < -0.4 is 0 Å². The average molecular weight is 627 g/mol. The standard InChI is InChI=1S/C47H30S/c1-29-11-8-21-40-44(29)46(39-19-7-6-18-38(39)45(40)36-24-23-30-12-2-3-13-31(30)25-36)35-17-9-16-34(26-35)37-20-10-22-42-47(37)41-27-32-14-4-5-15-33(32)28-43(41)48-42/h2-28H,1H3. The van der Waals surface area contributed by atoms with Crippen LogP contribution in [0.4, 0.5) is 0 Å². The van der Waals surface area contributed by atoms with E-state index in [4.69, 9.17) is 0 Å². The second-order valence-electron chi connectivity index (χ2n) is 12.9. The van der Waals surface area contributed by atoms with Crippen LogP contribution in [0.15, 0.2) is 164 Å². The first-order valence-electron chi connectivity index (χ1n) is 16.6. The second-order valence-corrected chi connectivity index (χ2v) is 14.0. The molecule has 0 aliphatic heterocycles. The van der Waals surface area contributed by atoms with Gasteiger partial charge in [-0.2, -0.15) is 0 Å². The lowest BCUT2D eigenvalue weighted by Crippen LogP contribution is -1.93. The van der Waals surface area contributed by atoms with Gasteiger partial charge in [0.15, 0.2) is 0 Å². The van der Waals surface area contributed by atoms with Gasteiger partial charge < -0.3 is 0 Å². The molecular formula is C47H30S. The molecule has 0 N–H and O–H groups in total. The minimum atomic E-state index is 1.25. The molecule has 9 aromatic carbocycles. The molecule has 1 heterocycles. The van der Waals surface area contributed by atoms with Crippen LogP contribution in [0, 0.1) is 6.92 Å². The molecule has 0 saturated carbocycles. The number of hydrogen-bond donors (Lipinski definition) is 0. The SMILES string of the molecule is Cc1cccc2c(-c3ccc4ccccc4c3)c3ccccc3c(-c3cccc(-c4cccc5sc6cc7ccccc7cc6c45)c3)c12. The van der Waals surface area contributed by atoms with Crippen molar-refractivity contribution in [2.24, 2.45) is 0 Å². The summed E-state index contributed by atoms with van der Waals surface area (Å²) in [4.78, 5) is 0. The first kappa shape index (κ1) is 27.4. The van der Waals surface area contributed by atoms with Crippen molar-refractivity contribution >= 4 is 74.6 Å². The zero-order chi connectivity index (χ0) is 31.8. The van der Waals surface area contributed by atoms with Gasteiger partial charge in [-0.05, 0) is 119 Å². The molecule has 0 nitrogen and oxygen atoms in total. The van der Waals surface area contributed by atoms with Crippen molar-refractivity contribution in [3.63, 3.8) is 0 Å². The van der Waals surface area contributed by atoms with E-state index in [1.807, 2.05) is 11.3 Å². The lowest BCUT2D eigenvalue weighted by atomic mass is 9.83. The fourth-order valence-corrected chi connectivity index (χ4v) is 9.12. The normalized spacial score (nSPS) is 11.9. The minimum absolute atomic E-state index is 1.25. The summed E-state index contributed by atoms with van der Waals surface area (Å²) in [6.07, 6.45) is 0. The van der Waals surface area contributed by atoms with E-state index in [0.717, 1.165) is 0 Å². The monoisotopic (exact) mass is 626 g/mol. The molecule has 1 aromatic heterocycles. The van der Waals surface area contributed by atoms with E-state index in [-0.39, 0.29) is 0 Å². The van der Waals surface area contributed by atoms with Gasteiger partial charge in [-0.25, -0.2) is 0 Å². The maximum Gasteiger partial charge on any atom is 0.0362 e. The van der Waals surface area contributed by atoms with Gasteiger partial charge in [0.2, 0.25) is 0 Å². The summed E-state index contributed by atoms with van der Waals surface area (Å²) >= 11 is 1.89. The Morgan fingerprint density at radius 3 is 1.81 bits per heavy atom. The van der Waals surface area contributed by atoms with Gasteiger partial charge >= 0.3 is 0 Å². The van der Waals surface area contributed by atoms with Crippen molar-refractivity contribution in [2.45, 2.75) is 6.92 Å². The van der Waals surface area contributed by atoms with E-state index in [9.17, 15) is 0 Å². The number of thiophene rings is 1. The van der Waals surface area contributed by atoms with Crippen LogP contribution in [-0.4, -0.2) is 0 Å². The van der Waals surface area contributed by atoms with E-state index in [0.29, 0.717) is 0 Å². The molecule has 224 valence electrons. The highest BCUT2D eigenvalue weighted by Crippen LogP contribution is 2.47. The summed E-state index contributed by atoms with van der Waals surface area (Å²) in [6, 6.07) is 60.8. The maximum atomic E-state index is 2.42. The van der Waals surface area contributed by atoms with Gasteiger partial charge in [-0.15, -0.1) is 11.3 Å². The highest BCUT2D eigenvalue weighted by atomic mass is 32.1. The van der Waals surface area contributed by atoms with Gasteiger partial charge in [-0.3, -0.25) is 0 Å². The highest BCUT2D eigenvalue weighted by molar-refractivity contribution is 7.26. The fourth-order valence-electron chi connectivity index (χ4n) is 7.96. The molecule has 1 heteroatoms. The number of rotatable bonds is 3. The molecule has 0 amide bonds. The van der Waals surface area contributed by atoms with Crippen LogP contribution in [0.2, 0.25) is 0 Å². The molecule has 0 unspecified atom stereocenters. The molecular weight excluding hydrogens is 597 g/mol. The average Bonchev–Trinajstić information content (AvgIpc) is 3.50. The molecule has 0 fully saturated rings. The van der Waals surface area contributed by atoms with Crippen molar-refractivity contribution < 1.29 is 0 Å². The molecule has 0 bridgehead atoms. The van der Waals surface area contributed by atoms with E-state index >= 15 is 0 Å². The van der Waals surface area contributed by atoms with Crippen molar-refractivity contribution in [3.8, 4) is 33.4 Å². The Morgan fingerprint density at radius 2 is 0.979 bits per heavy atom. The second kappa shape index (κ2) is 10.6. The van der Waals surface area contributed by atoms with Crippen LogP contribution in [-0.2, 0) is 0 Å². The Kier molecular flexibility index (Phi) is 6.06. The molecule has 0 aliphatic carbocycles. The zero-order valence-corrected chi connectivity index (χ0v) is 27.3. The van der Waals surface area contributed by atoms with Crippen LogP contribution >= 0.6 is 11.3 Å². The predicted molar refractivity (Wildman–Crippen MR) is 210 cm³/mol. The van der Waals surface area contributed by atoms with Gasteiger partial charge in [0.05, 0.1) is 0 Å². The van der Waals surface area contributed by atoms with Crippen LogP contribution in [0.3, 0.4) is 0 Å². The van der Waals surface area contributed by atoms with E-state index in [2.05, 4.69) is 171 Å². The lowest BCUT2D eigenvalue weighted by Gasteiger charge is -2.20. The Morgan fingerprint density at radius 1 is 0.354 bits per heavy atom. The molecule has 0 spiro atoms. The third-order valence-corrected chi connectivity index (χ3v) is 11.2. The van der Waals surface area contributed by atoms with E-state index in [1.165, 1.54) is 102 Å². The van der Waals surface area contributed by atoms with Gasteiger partial charge in [0.25, 0.3) is 0 Å². The van der Waals surface area contributed by atoms with Crippen molar-refractivity contribution in [2.75, 3.05) is 0 Å². The predicted octanol–water partition coefficient (Wildman–Crippen LogP) is 14.0. The Labute approximate surface area is 283 Å². The number of hydrogen-bond acceptors (Lipinski definition) is 1. The van der Waals surface area contributed by atoms with E-state index in [1.54, 1.807) is 0 Å². The third-order valence-electron chi connectivity index (χ3n) is 10.1. The fraction of sp³-hybridized carbons (Fsp3) is 0.0213. The van der Waals surface area contributed by atoms with E-state index < -0.39 is 0 Å². The van der Waals surface area contributed by atoms with Crippen LogP contribution in [0.5, 0.6) is 0 Å². The van der Waals surface area contributed by atoms with Gasteiger partial charge in [-0.1, -0.05) is 133 Å². The van der Waals surface area contributed by atoms with Crippen molar-refractivity contribution in [1.29, 1.82) is 0 Å². The summed E-state index contributed by atoms with van der Waals surface area (Å²) < 4.78 is 2.67. The number of aryl methyl sites for hydroxylation is 1. The lowest BCUT2D eigenvalue weighted by molar-refractivity contribution is 1.53. The summed E-state index contributed by atoms with van der Waals surface area (Å²) in [5.41, 5.74) is 8.93. The molecule has 0 saturated heterocycles. The molecule has 0 radical (unpaired) electrons. The first-order valence-corrected chi connectivity index (χ1v) is 17.4. The Hall–Kier alpha value is -5.76. The van der Waals surface area contributed by atoms with Crippen LogP contribution in [0.1, 0.15) is 5.56 Å². The summed E-state index contributed by atoms with van der Waals surface area (Å²) in [7, 11) is 0. The number of fused-ring (bicyclic) bond motifs is 7. The van der Waals surface area contributed by atoms with Crippen molar-refractivity contribution in [3.05, 3.63) is 169 Å². The molecule has 0 atom stereocenters. The maximum absolute atomic E-state index is 2.42. The molecule has 10 rings (SSSR count). The minimum Gasteiger partial charge on any atom is -0.135 e. The van der Waals surface area contributed by atoms with Crippen LogP contribution in [0.25, 0.3) is 96.6 Å². The third kappa shape index (κ3) is 4.15. The largest absolute Gasteiger partial charge is 0.135 e. The Balaban J connectivity index is 1.24.